The lowest BCUT2D eigenvalue weighted by atomic mass is 9.94. The van der Waals surface area contributed by atoms with E-state index in [-0.39, 0.29) is 28.9 Å². The van der Waals surface area contributed by atoms with E-state index >= 15 is 0 Å². The van der Waals surface area contributed by atoms with Gasteiger partial charge in [0.1, 0.15) is 5.75 Å². The van der Waals surface area contributed by atoms with Crippen LogP contribution in [0.4, 0.5) is 5.69 Å². The number of anilines is 1. The number of hydrogen-bond donors (Lipinski definition) is 3. The summed E-state index contributed by atoms with van der Waals surface area (Å²) in [5.74, 6) is -0.358. The summed E-state index contributed by atoms with van der Waals surface area (Å²) in [7, 11) is -3.03. The fourth-order valence-corrected chi connectivity index (χ4v) is 3.98. The van der Waals surface area contributed by atoms with E-state index in [0.717, 1.165) is 0 Å². The van der Waals surface area contributed by atoms with Gasteiger partial charge in [-0.25, -0.2) is 8.42 Å². The molecule has 1 saturated heterocycles. The molecule has 1 heterocycles. The van der Waals surface area contributed by atoms with Crippen molar-refractivity contribution in [1.29, 1.82) is 0 Å². The number of aromatic hydroxyl groups is 1. The summed E-state index contributed by atoms with van der Waals surface area (Å²) in [6, 6.07) is 4.61. The fraction of sp³-hybridized carbons (Fsp3) is 0.455. The van der Waals surface area contributed by atoms with E-state index < -0.39 is 15.9 Å². The number of benzene rings is 1. The second-order valence-electron chi connectivity index (χ2n) is 4.39. The molecule has 2 atom stereocenters. The van der Waals surface area contributed by atoms with Crippen molar-refractivity contribution in [3.05, 3.63) is 23.8 Å². The van der Waals surface area contributed by atoms with Gasteiger partial charge in [-0.3, -0.25) is 0 Å². The second kappa shape index (κ2) is 4.19. The summed E-state index contributed by atoms with van der Waals surface area (Å²) in [4.78, 5) is 0. The molecule has 1 aromatic carbocycles. The summed E-state index contributed by atoms with van der Waals surface area (Å²) in [6.45, 7) is 0. The van der Waals surface area contributed by atoms with E-state index in [1.165, 1.54) is 6.07 Å². The lowest BCUT2D eigenvalue weighted by molar-refractivity contribution is 0.121. The molecular formula is C11H15NO4S. The second-order valence-corrected chi connectivity index (χ2v) is 6.62. The molecule has 0 aliphatic carbocycles. The molecule has 0 radical (unpaired) electrons. The normalized spacial score (nSPS) is 24.6. The number of sulfone groups is 1. The first-order chi connectivity index (χ1) is 7.91. The van der Waals surface area contributed by atoms with Crippen molar-refractivity contribution in [3.63, 3.8) is 0 Å². The van der Waals surface area contributed by atoms with Crippen molar-refractivity contribution in [3.8, 4) is 5.75 Å². The molecule has 0 amide bonds. The molecule has 6 heteroatoms. The van der Waals surface area contributed by atoms with Crippen LogP contribution in [0.2, 0.25) is 0 Å². The zero-order valence-electron chi connectivity index (χ0n) is 9.20. The minimum atomic E-state index is -3.03. The lowest BCUT2D eigenvalue weighted by Crippen LogP contribution is -2.15. The number of rotatable bonds is 2. The molecule has 2 rings (SSSR count). The first-order valence-electron chi connectivity index (χ1n) is 5.36. The Morgan fingerprint density at radius 1 is 1.41 bits per heavy atom. The topological polar surface area (TPSA) is 101 Å². The maximum Gasteiger partial charge on any atom is 0.150 e. The van der Waals surface area contributed by atoms with Crippen LogP contribution in [-0.4, -0.2) is 30.1 Å². The molecule has 1 aliphatic heterocycles. The highest BCUT2D eigenvalue weighted by atomic mass is 32.2. The molecule has 1 aliphatic rings. The average molecular weight is 257 g/mol. The van der Waals surface area contributed by atoms with E-state index in [4.69, 9.17) is 5.73 Å². The van der Waals surface area contributed by atoms with Gasteiger partial charge in [0.2, 0.25) is 0 Å². The molecule has 4 N–H and O–H groups in total. The van der Waals surface area contributed by atoms with E-state index in [9.17, 15) is 18.6 Å². The molecule has 17 heavy (non-hydrogen) atoms. The molecule has 0 saturated carbocycles. The van der Waals surface area contributed by atoms with Gasteiger partial charge in [0.15, 0.2) is 9.84 Å². The SMILES string of the molecule is Nc1c(O)cccc1C(O)C1CCS(=O)(=O)C1. The van der Waals surface area contributed by atoms with Crippen LogP contribution in [0.1, 0.15) is 18.1 Å². The third-order valence-corrected chi connectivity index (χ3v) is 4.94. The maximum atomic E-state index is 11.3. The monoisotopic (exact) mass is 257 g/mol. The van der Waals surface area contributed by atoms with Gasteiger partial charge in [-0.05, 0) is 12.5 Å². The zero-order valence-corrected chi connectivity index (χ0v) is 10.0. The van der Waals surface area contributed by atoms with Gasteiger partial charge in [-0.15, -0.1) is 0 Å². The van der Waals surface area contributed by atoms with Gasteiger partial charge in [0.05, 0.1) is 23.3 Å². The third-order valence-electron chi connectivity index (χ3n) is 3.15. The number of aliphatic hydroxyl groups excluding tert-OH is 1. The average Bonchev–Trinajstić information content (AvgIpc) is 2.62. The number of aliphatic hydroxyl groups is 1. The Kier molecular flexibility index (Phi) is 3.01. The molecule has 0 spiro atoms. The van der Waals surface area contributed by atoms with Crippen molar-refractivity contribution in [2.45, 2.75) is 12.5 Å². The summed E-state index contributed by atoms with van der Waals surface area (Å²) in [5, 5.41) is 19.5. The Morgan fingerprint density at radius 3 is 2.71 bits per heavy atom. The van der Waals surface area contributed by atoms with Crippen LogP contribution in [0, 0.1) is 5.92 Å². The Bertz CT molecular complexity index is 526. The van der Waals surface area contributed by atoms with E-state index in [1.54, 1.807) is 12.1 Å². The van der Waals surface area contributed by atoms with E-state index in [2.05, 4.69) is 0 Å². The van der Waals surface area contributed by atoms with Crippen LogP contribution >= 0.6 is 0 Å². The van der Waals surface area contributed by atoms with Crippen molar-refractivity contribution in [2.75, 3.05) is 17.2 Å². The highest BCUT2D eigenvalue weighted by Crippen LogP contribution is 2.36. The molecular weight excluding hydrogens is 242 g/mol. The minimum Gasteiger partial charge on any atom is -0.506 e. The summed E-state index contributed by atoms with van der Waals surface area (Å²) in [6.07, 6.45) is -0.516. The Morgan fingerprint density at radius 2 is 2.12 bits per heavy atom. The standard InChI is InChI=1S/C11H15NO4S/c12-10-8(2-1-3-9(10)13)11(14)7-4-5-17(15,16)6-7/h1-3,7,11,13-14H,4-6,12H2. The van der Waals surface area contributed by atoms with Crippen LogP contribution in [0.15, 0.2) is 18.2 Å². The van der Waals surface area contributed by atoms with Gasteiger partial charge in [0, 0.05) is 11.5 Å². The molecule has 1 fully saturated rings. The third kappa shape index (κ3) is 2.37. The highest BCUT2D eigenvalue weighted by Gasteiger charge is 2.34. The summed E-state index contributed by atoms with van der Waals surface area (Å²) in [5.41, 5.74) is 6.17. The first-order valence-corrected chi connectivity index (χ1v) is 7.19. The zero-order chi connectivity index (χ0) is 12.6. The van der Waals surface area contributed by atoms with Crippen LogP contribution < -0.4 is 5.73 Å². The Labute approximate surface area is 99.8 Å². The van der Waals surface area contributed by atoms with Crippen molar-refractivity contribution in [1.82, 2.24) is 0 Å². The number of nitrogens with two attached hydrogens (primary N) is 1. The fourth-order valence-electron chi connectivity index (χ4n) is 2.15. The smallest absolute Gasteiger partial charge is 0.150 e. The molecule has 94 valence electrons. The van der Waals surface area contributed by atoms with Crippen LogP contribution in [0.5, 0.6) is 5.75 Å². The largest absolute Gasteiger partial charge is 0.506 e. The van der Waals surface area contributed by atoms with Gasteiger partial charge >= 0.3 is 0 Å². The number of hydrogen-bond acceptors (Lipinski definition) is 5. The quantitative estimate of drug-likeness (QED) is 0.527. The van der Waals surface area contributed by atoms with Crippen molar-refractivity contribution >= 4 is 15.5 Å². The van der Waals surface area contributed by atoms with Crippen LogP contribution in [0.3, 0.4) is 0 Å². The summed E-state index contributed by atoms with van der Waals surface area (Å²) >= 11 is 0. The van der Waals surface area contributed by atoms with Crippen molar-refractivity contribution in [2.24, 2.45) is 5.92 Å². The number of nitrogen functional groups attached to an aromatic ring is 1. The van der Waals surface area contributed by atoms with Crippen molar-refractivity contribution < 1.29 is 18.6 Å². The molecule has 0 bridgehead atoms. The van der Waals surface area contributed by atoms with Gasteiger partial charge < -0.3 is 15.9 Å². The van der Waals surface area contributed by atoms with E-state index in [1.807, 2.05) is 0 Å². The predicted molar refractivity (Wildman–Crippen MR) is 64.2 cm³/mol. The maximum absolute atomic E-state index is 11.3. The molecule has 5 nitrogen and oxygen atoms in total. The Balaban J connectivity index is 2.26. The Hall–Kier alpha value is -1.27. The van der Waals surface area contributed by atoms with Gasteiger partial charge in [0.25, 0.3) is 0 Å². The van der Waals surface area contributed by atoms with Gasteiger partial charge in [-0.1, -0.05) is 12.1 Å². The van der Waals surface area contributed by atoms with E-state index in [0.29, 0.717) is 12.0 Å². The number of phenols is 1. The molecule has 0 aromatic heterocycles. The molecule has 2 unspecified atom stereocenters. The lowest BCUT2D eigenvalue weighted by Gasteiger charge is -2.19. The highest BCUT2D eigenvalue weighted by molar-refractivity contribution is 7.91. The van der Waals surface area contributed by atoms with Crippen LogP contribution in [0.25, 0.3) is 0 Å². The number of phenolic OH excluding ortho intramolecular Hbond substituents is 1. The molecule has 1 aromatic rings. The van der Waals surface area contributed by atoms with Crippen LogP contribution in [-0.2, 0) is 9.84 Å². The predicted octanol–water partition coefficient (Wildman–Crippen LogP) is 0.443. The first kappa shape index (κ1) is 12.2. The number of para-hydroxylation sites is 1. The van der Waals surface area contributed by atoms with Gasteiger partial charge in [-0.2, -0.15) is 0 Å². The minimum absolute atomic E-state index is 0.0245. The summed E-state index contributed by atoms with van der Waals surface area (Å²) < 4.78 is 22.7.